The van der Waals surface area contributed by atoms with Crippen molar-refractivity contribution in [2.24, 2.45) is 5.18 Å². The van der Waals surface area contributed by atoms with Crippen molar-refractivity contribution < 1.29 is 14.1 Å². The zero-order valence-electron chi connectivity index (χ0n) is 16.6. The Kier molecular flexibility index (Phi) is 5.86. The number of rotatable bonds is 5. The van der Waals surface area contributed by atoms with Crippen LogP contribution in [0, 0.1) is 4.91 Å². The van der Waals surface area contributed by atoms with Gasteiger partial charge in [-0.15, -0.1) is 4.91 Å². The highest BCUT2D eigenvalue weighted by Gasteiger charge is 2.20. The maximum Gasteiger partial charge on any atom is 0.324 e. The molecule has 3 N–H and O–H groups in total. The maximum atomic E-state index is 12.2. The summed E-state index contributed by atoms with van der Waals surface area (Å²) < 4.78 is 5.22. The molecule has 0 saturated heterocycles. The van der Waals surface area contributed by atoms with Crippen LogP contribution in [0.1, 0.15) is 37.0 Å². The lowest BCUT2D eigenvalue weighted by Crippen LogP contribution is -2.19. The molecule has 0 atom stereocenters. The highest BCUT2D eigenvalue weighted by atomic mass is 16.5. The van der Waals surface area contributed by atoms with Gasteiger partial charge in [-0.05, 0) is 41.6 Å². The number of nitroso groups, excluding NO2 is 1. The average molecular weight is 408 g/mol. The second-order valence-corrected chi connectivity index (χ2v) is 7.43. The molecule has 0 aliphatic heterocycles. The van der Waals surface area contributed by atoms with E-state index in [9.17, 15) is 14.5 Å². The number of hydrogen-bond donors (Lipinski definition) is 3. The van der Waals surface area contributed by atoms with Gasteiger partial charge in [0.1, 0.15) is 17.1 Å². The van der Waals surface area contributed by atoms with E-state index in [4.69, 9.17) is 4.52 Å². The molecule has 0 spiro atoms. The second-order valence-electron chi connectivity index (χ2n) is 7.43. The maximum absolute atomic E-state index is 12.2. The van der Waals surface area contributed by atoms with Gasteiger partial charge in [0.25, 0.3) is 5.91 Å². The molecule has 154 valence electrons. The van der Waals surface area contributed by atoms with E-state index in [2.05, 4.69) is 31.3 Å². The van der Waals surface area contributed by atoms with E-state index in [1.54, 1.807) is 30.3 Å². The monoisotopic (exact) mass is 408 g/mol. The Bertz CT molecular complexity index is 1050. The van der Waals surface area contributed by atoms with Crippen molar-refractivity contribution in [2.45, 2.75) is 26.2 Å². The predicted octanol–water partition coefficient (Wildman–Crippen LogP) is 4.66. The third kappa shape index (κ3) is 5.25. The molecule has 0 aliphatic rings. The zero-order valence-corrected chi connectivity index (χ0v) is 16.6. The predicted molar refractivity (Wildman–Crippen MR) is 112 cm³/mol. The number of carbonyl (C=O) groups is 2. The number of amides is 3. The highest BCUT2D eigenvalue weighted by molar-refractivity contribution is 6.03. The molecular formula is C20H20N6O4. The Morgan fingerprint density at radius 2 is 1.63 bits per heavy atom. The van der Waals surface area contributed by atoms with Gasteiger partial charge < -0.3 is 15.2 Å². The molecule has 1 aromatic carbocycles. The molecule has 0 aliphatic carbocycles. The van der Waals surface area contributed by atoms with Crippen LogP contribution in [0.15, 0.2) is 58.4 Å². The van der Waals surface area contributed by atoms with Gasteiger partial charge in [0.05, 0.1) is 6.20 Å². The fourth-order valence-electron chi connectivity index (χ4n) is 2.37. The largest absolute Gasteiger partial charge is 0.359 e. The van der Waals surface area contributed by atoms with E-state index >= 15 is 0 Å². The number of carbonyl (C=O) groups excluding carboxylic acids is 2. The van der Waals surface area contributed by atoms with E-state index in [-0.39, 0.29) is 16.8 Å². The van der Waals surface area contributed by atoms with Crippen molar-refractivity contribution in [3.63, 3.8) is 0 Å². The van der Waals surface area contributed by atoms with Crippen LogP contribution < -0.4 is 16.0 Å². The third-order valence-corrected chi connectivity index (χ3v) is 3.98. The van der Waals surface area contributed by atoms with Crippen LogP contribution >= 0.6 is 0 Å². The summed E-state index contributed by atoms with van der Waals surface area (Å²) in [6.07, 6.45) is 1.22. The molecular weight excluding hydrogens is 388 g/mol. The number of nitrogens with zero attached hydrogens (tertiary/aromatic N) is 3. The summed E-state index contributed by atoms with van der Waals surface area (Å²) in [5.74, 6) is 0.528. The molecule has 30 heavy (non-hydrogen) atoms. The van der Waals surface area contributed by atoms with Gasteiger partial charge in [-0.3, -0.25) is 10.1 Å². The Hall–Kier alpha value is -4.08. The molecule has 3 amide bonds. The van der Waals surface area contributed by atoms with E-state index < -0.39 is 11.9 Å². The Morgan fingerprint density at radius 3 is 2.17 bits per heavy atom. The molecule has 0 fully saturated rings. The van der Waals surface area contributed by atoms with Crippen LogP contribution in [0.3, 0.4) is 0 Å². The van der Waals surface area contributed by atoms with Gasteiger partial charge in [-0.1, -0.05) is 25.9 Å². The number of aromatic nitrogens is 2. The molecule has 3 rings (SSSR count). The normalized spacial score (nSPS) is 10.9. The molecule has 0 saturated carbocycles. The zero-order chi connectivity index (χ0) is 21.7. The number of pyridine rings is 1. The minimum absolute atomic E-state index is 0.139. The third-order valence-electron chi connectivity index (χ3n) is 3.98. The van der Waals surface area contributed by atoms with Gasteiger partial charge in [0.2, 0.25) is 0 Å². The first kappa shape index (κ1) is 20.6. The smallest absolute Gasteiger partial charge is 0.324 e. The molecule has 0 unspecified atom stereocenters. The minimum atomic E-state index is -0.478. The number of nitrogens with one attached hydrogen (secondary N) is 3. The van der Waals surface area contributed by atoms with Crippen LogP contribution in [-0.4, -0.2) is 22.1 Å². The number of benzene rings is 1. The molecule has 10 nitrogen and oxygen atoms in total. The first-order valence-corrected chi connectivity index (χ1v) is 9.00. The quantitative estimate of drug-likeness (QED) is 0.525. The van der Waals surface area contributed by atoms with Crippen molar-refractivity contribution >= 4 is 34.8 Å². The Labute approximate surface area is 172 Å². The van der Waals surface area contributed by atoms with Gasteiger partial charge in [-0.2, -0.15) is 0 Å². The number of urea groups is 1. The molecule has 10 heteroatoms. The van der Waals surface area contributed by atoms with Crippen LogP contribution in [0.5, 0.6) is 0 Å². The first-order chi connectivity index (χ1) is 14.2. The Morgan fingerprint density at radius 1 is 0.967 bits per heavy atom. The first-order valence-electron chi connectivity index (χ1n) is 9.00. The van der Waals surface area contributed by atoms with Crippen LogP contribution in [-0.2, 0) is 5.41 Å². The van der Waals surface area contributed by atoms with E-state index in [1.807, 2.05) is 20.8 Å². The number of hydrogen-bond acceptors (Lipinski definition) is 7. The van der Waals surface area contributed by atoms with E-state index in [0.29, 0.717) is 23.0 Å². The topological polar surface area (TPSA) is 139 Å². The van der Waals surface area contributed by atoms with E-state index in [0.717, 1.165) is 0 Å². The van der Waals surface area contributed by atoms with Crippen molar-refractivity contribution in [3.05, 3.63) is 65.0 Å². The molecule has 3 aromatic rings. The van der Waals surface area contributed by atoms with Crippen LogP contribution in [0.2, 0.25) is 0 Å². The lowest BCUT2D eigenvalue weighted by molar-refractivity contribution is 0.102. The van der Waals surface area contributed by atoms with Crippen LogP contribution in [0.4, 0.5) is 27.7 Å². The fraction of sp³-hybridized carbons (Fsp3) is 0.200. The summed E-state index contributed by atoms with van der Waals surface area (Å²) in [6, 6.07) is 10.5. The van der Waals surface area contributed by atoms with Gasteiger partial charge in [0, 0.05) is 22.9 Å². The summed E-state index contributed by atoms with van der Waals surface area (Å²) in [5.41, 5.74) is 1.10. The summed E-state index contributed by atoms with van der Waals surface area (Å²) in [4.78, 5) is 38.6. The lowest BCUT2D eigenvalue weighted by atomic mass is 9.93. The van der Waals surface area contributed by atoms with Crippen LogP contribution in [0.25, 0.3) is 0 Å². The molecule has 2 heterocycles. The lowest BCUT2D eigenvalue weighted by Gasteiger charge is -2.12. The SMILES string of the molecule is CC(C)(C)c1cc(NC(=O)Nc2ccc(NC(=O)c3ccc(N=O)cn3)cc2)no1. The number of anilines is 3. The summed E-state index contributed by atoms with van der Waals surface area (Å²) >= 11 is 0. The fourth-order valence-corrected chi connectivity index (χ4v) is 2.37. The van der Waals surface area contributed by atoms with E-state index in [1.165, 1.54) is 18.3 Å². The second kappa shape index (κ2) is 8.52. The Balaban J connectivity index is 1.55. The van der Waals surface area contributed by atoms with Crippen molar-refractivity contribution in [2.75, 3.05) is 16.0 Å². The molecule has 0 bridgehead atoms. The summed E-state index contributed by atoms with van der Waals surface area (Å²) in [7, 11) is 0. The van der Waals surface area contributed by atoms with Gasteiger partial charge in [-0.25, -0.2) is 9.78 Å². The van der Waals surface area contributed by atoms with Gasteiger partial charge in [0.15, 0.2) is 5.82 Å². The average Bonchev–Trinajstić information content (AvgIpc) is 3.18. The van der Waals surface area contributed by atoms with Crippen molar-refractivity contribution in [1.82, 2.24) is 10.1 Å². The standard InChI is InChI=1S/C20H20N6O4/c1-20(2,3)16-10-17(26-30-16)24-19(28)23-13-6-4-12(5-7-13)22-18(27)15-9-8-14(25-29)11-21-15/h4-11H,1-3H3,(H,22,27)(H2,23,24,26,28). The summed E-state index contributed by atoms with van der Waals surface area (Å²) in [5, 5.41) is 14.5. The van der Waals surface area contributed by atoms with Crippen molar-refractivity contribution in [1.29, 1.82) is 0 Å². The minimum Gasteiger partial charge on any atom is -0.359 e. The molecule has 0 radical (unpaired) electrons. The van der Waals surface area contributed by atoms with Crippen molar-refractivity contribution in [3.8, 4) is 0 Å². The highest BCUT2D eigenvalue weighted by Crippen LogP contribution is 2.24. The molecule has 2 aromatic heterocycles. The van der Waals surface area contributed by atoms with Gasteiger partial charge >= 0.3 is 6.03 Å². The summed E-state index contributed by atoms with van der Waals surface area (Å²) in [6.45, 7) is 5.93.